The lowest BCUT2D eigenvalue weighted by atomic mass is 9.83. The minimum Gasteiger partial charge on any atom is -0.394 e. The Hall–Kier alpha value is -2.19. The summed E-state index contributed by atoms with van der Waals surface area (Å²) < 4.78 is 19.0. The van der Waals surface area contributed by atoms with Crippen LogP contribution < -0.4 is 10.2 Å². The normalized spacial score (nSPS) is 23.3. The average Bonchev–Trinajstić information content (AvgIpc) is 3.32. The molecule has 2 aromatic rings. The predicted molar refractivity (Wildman–Crippen MR) is 150 cm³/mol. The molecule has 0 unspecified atom stereocenters. The molecule has 2 saturated carbocycles. The highest BCUT2D eigenvalue weighted by Crippen LogP contribution is 2.30. The summed E-state index contributed by atoms with van der Waals surface area (Å²) in [7, 11) is 0. The highest BCUT2D eigenvalue weighted by molar-refractivity contribution is 5.88. The van der Waals surface area contributed by atoms with Gasteiger partial charge in [0.2, 0.25) is 5.91 Å². The van der Waals surface area contributed by atoms with Crippen molar-refractivity contribution in [2.45, 2.75) is 96.6 Å². The number of nitrogens with zero attached hydrogens (tertiary/aromatic N) is 3. The monoisotopic (exact) mass is 530 g/mol. The van der Waals surface area contributed by atoms with Crippen molar-refractivity contribution in [3.63, 3.8) is 0 Å². The Bertz CT molecular complexity index is 988. The molecule has 3 aliphatic rings. The van der Waals surface area contributed by atoms with Gasteiger partial charge in [0.1, 0.15) is 5.82 Å². The van der Waals surface area contributed by atoms with Crippen molar-refractivity contribution < 1.29 is 18.8 Å². The molecule has 2 heterocycles. The Morgan fingerprint density at radius 2 is 1.74 bits per heavy atom. The number of aromatic nitrogens is 1. The standard InChI is InChI=1S/C27H39FN4O2.C3H8O/c28-22-8-11-25-24(19-22)27(30-34-25)32-16-14-31(15-17-32)13-12-20-6-9-23(10-7-20)29-26(33)18-21-4-2-1-3-5-21;1-3(2)4/h8,11,19-21,23H,1-7,9-10,12-18H2,(H,29,33);3-4H,1-2H3. The van der Waals surface area contributed by atoms with Gasteiger partial charge in [0.05, 0.1) is 5.39 Å². The van der Waals surface area contributed by atoms with Gasteiger partial charge in [0, 0.05) is 44.7 Å². The molecule has 3 fully saturated rings. The van der Waals surface area contributed by atoms with E-state index in [0.717, 1.165) is 69.1 Å². The van der Waals surface area contributed by atoms with Crippen molar-refractivity contribution in [2.24, 2.45) is 11.8 Å². The fourth-order valence-corrected chi connectivity index (χ4v) is 6.21. The summed E-state index contributed by atoms with van der Waals surface area (Å²) in [5.74, 6) is 2.18. The van der Waals surface area contributed by atoms with Gasteiger partial charge in [-0.1, -0.05) is 24.4 Å². The van der Waals surface area contributed by atoms with E-state index in [2.05, 4.69) is 20.3 Å². The van der Waals surface area contributed by atoms with E-state index in [9.17, 15) is 9.18 Å². The fraction of sp³-hybridized carbons (Fsp3) is 0.733. The van der Waals surface area contributed by atoms with E-state index in [4.69, 9.17) is 9.63 Å². The number of rotatable bonds is 7. The number of nitrogens with one attached hydrogen (secondary N) is 1. The SMILES string of the molecule is CC(C)O.O=C(CC1CCCCC1)NC1CCC(CCN2CCN(c3noc4ccc(F)cc34)CC2)CC1. The highest BCUT2D eigenvalue weighted by Gasteiger charge is 2.26. The third-order valence-electron chi connectivity index (χ3n) is 8.35. The van der Waals surface area contributed by atoms with Gasteiger partial charge in [-0.15, -0.1) is 0 Å². The topological polar surface area (TPSA) is 81.8 Å². The molecule has 1 aromatic carbocycles. The number of benzene rings is 1. The van der Waals surface area contributed by atoms with Crippen molar-refractivity contribution in [3.8, 4) is 0 Å². The summed E-state index contributed by atoms with van der Waals surface area (Å²) in [6.45, 7) is 8.34. The first-order valence-electron chi connectivity index (χ1n) is 14.9. The van der Waals surface area contributed by atoms with Gasteiger partial charge in [0.25, 0.3) is 0 Å². The Morgan fingerprint density at radius 3 is 2.42 bits per heavy atom. The van der Waals surface area contributed by atoms with E-state index < -0.39 is 0 Å². The Balaban J connectivity index is 0.000000786. The first kappa shape index (κ1) is 28.8. The smallest absolute Gasteiger partial charge is 0.220 e. The number of aliphatic hydroxyl groups is 1. The van der Waals surface area contributed by atoms with E-state index in [1.807, 2.05) is 0 Å². The van der Waals surface area contributed by atoms with E-state index in [1.54, 1.807) is 19.9 Å². The lowest BCUT2D eigenvalue weighted by Gasteiger charge is -2.36. The van der Waals surface area contributed by atoms with Gasteiger partial charge in [-0.2, -0.15) is 0 Å². The van der Waals surface area contributed by atoms with Crippen LogP contribution in [-0.2, 0) is 4.79 Å². The largest absolute Gasteiger partial charge is 0.394 e. The highest BCUT2D eigenvalue weighted by atomic mass is 19.1. The number of anilines is 1. The second-order valence-corrected chi connectivity index (χ2v) is 11.9. The summed E-state index contributed by atoms with van der Waals surface area (Å²) in [4.78, 5) is 17.2. The van der Waals surface area contributed by atoms with Crippen molar-refractivity contribution in [2.75, 3.05) is 37.6 Å². The number of piperazine rings is 1. The van der Waals surface area contributed by atoms with Crippen molar-refractivity contribution in [3.05, 3.63) is 24.0 Å². The Labute approximate surface area is 227 Å². The average molecular weight is 531 g/mol. The molecule has 0 radical (unpaired) electrons. The molecular formula is C30H47FN4O3. The Morgan fingerprint density at radius 1 is 1.05 bits per heavy atom. The number of carbonyl (C=O) groups excluding carboxylic acids is 1. The number of hydrogen-bond donors (Lipinski definition) is 2. The molecule has 0 spiro atoms. The van der Waals surface area contributed by atoms with Crippen LogP contribution in [0.2, 0.25) is 0 Å². The number of halogens is 1. The molecule has 212 valence electrons. The third kappa shape index (κ3) is 8.67. The molecule has 1 saturated heterocycles. The summed E-state index contributed by atoms with van der Waals surface area (Å²) in [6.07, 6.45) is 12.9. The molecular weight excluding hydrogens is 483 g/mol. The molecule has 2 N–H and O–H groups in total. The summed E-state index contributed by atoms with van der Waals surface area (Å²) in [5.41, 5.74) is 0.639. The quantitative estimate of drug-likeness (QED) is 0.491. The van der Waals surface area contributed by atoms with E-state index in [-0.39, 0.29) is 17.8 Å². The van der Waals surface area contributed by atoms with Crippen LogP contribution in [0.1, 0.15) is 84.5 Å². The first-order chi connectivity index (χ1) is 18.4. The lowest BCUT2D eigenvalue weighted by molar-refractivity contribution is -0.123. The zero-order valence-corrected chi connectivity index (χ0v) is 23.3. The second-order valence-electron chi connectivity index (χ2n) is 11.9. The molecule has 38 heavy (non-hydrogen) atoms. The van der Waals surface area contributed by atoms with Crippen molar-refractivity contribution >= 4 is 22.7 Å². The number of hydrogen-bond acceptors (Lipinski definition) is 6. The molecule has 7 nitrogen and oxygen atoms in total. The van der Waals surface area contributed by atoms with Crippen molar-refractivity contribution in [1.82, 2.24) is 15.4 Å². The summed E-state index contributed by atoms with van der Waals surface area (Å²) in [6, 6.07) is 4.96. The second kappa shape index (κ2) is 14.3. The first-order valence-corrected chi connectivity index (χ1v) is 14.9. The number of fused-ring (bicyclic) bond motifs is 1. The summed E-state index contributed by atoms with van der Waals surface area (Å²) >= 11 is 0. The van der Waals surface area contributed by atoms with Gasteiger partial charge in [0.15, 0.2) is 11.4 Å². The van der Waals surface area contributed by atoms with E-state index in [0.29, 0.717) is 17.5 Å². The zero-order chi connectivity index (χ0) is 26.9. The summed E-state index contributed by atoms with van der Waals surface area (Å²) in [5, 5.41) is 16.4. The molecule has 1 aromatic heterocycles. The van der Waals surface area contributed by atoms with Crippen LogP contribution in [0.4, 0.5) is 10.2 Å². The molecule has 2 aliphatic carbocycles. The predicted octanol–water partition coefficient (Wildman–Crippen LogP) is 5.51. The van der Waals surface area contributed by atoms with Crippen LogP contribution in [0.25, 0.3) is 11.0 Å². The van der Waals surface area contributed by atoms with E-state index in [1.165, 1.54) is 63.5 Å². The van der Waals surface area contributed by atoms with Crippen molar-refractivity contribution in [1.29, 1.82) is 0 Å². The van der Waals surface area contributed by atoms with Gasteiger partial charge in [-0.3, -0.25) is 9.69 Å². The number of amides is 1. The van der Waals surface area contributed by atoms with Crippen LogP contribution in [0.3, 0.4) is 0 Å². The van der Waals surface area contributed by atoms with Crippen LogP contribution in [0, 0.1) is 17.7 Å². The van der Waals surface area contributed by atoms with Gasteiger partial charge in [-0.25, -0.2) is 4.39 Å². The number of carbonyl (C=O) groups is 1. The van der Waals surface area contributed by atoms with Crippen LogP contribution in [0.15, 0.2) is 22.7 Å². The third-order valence-corrected chi connectivity index (χ3v) is 8.35. The van der Waals surface area contributed by atoms with Crippen LogP contribution >= 0.6 is 0 Å². The molecule has 8 heteroatoms. The van der Waals surface area contributed by atoms with E-state index >= 15 is 0 Å². The zero-order valence-electron chi connectivity index (χ0n) is 23.3. The van der Waals surface area contributed by atoms with Gasteiger partial charge in [-0.05, 0) is 95.4 Å². The van der Waals surface area contributed by atoms with Crippen LogP contribution in [0.5, 0.6) is 0 Å². The molecule has 5 rings (SSSR count). The van der Waals surface area contributed by atoms with Gasteiger partial charge < -0.3 is 19.8 Å². The fourth-order valence-electron chi connectivity index (χ4n) is 6.21. The maximum absolute atomic E-state index is 13.7. The molecule has 1 amide bonds. The minimum absolute atomic E-state index is 0.167. The lowest BCUT2D eigenvalue weighted by Crippen LogP contribution is -2.47. The maximum Gasteiger partial charge on any atom is 0.220 e. The Kier molecular flexibility index (Phi) is 10.8. The molecule has 0 bridgehead atoms. The minimum atomic E-state index is -0.255. The number of aliphatic hydroxyl groups excluding tert-OH is 1. The maximum atomic E-state index is 13.7. The van der Waals surface area contributed by atoms with Gasteiger partial charge >= 0.3 is 0 Å². The molecule has 1 aliphatic heterocycles. The molecule has 0 atom stereocenters. The van der Waals surface area contributed by atoms with Crippen LogP contribution in [-0.4, -0.2) is 65.9 Å².